The summed E-state index contributed by atoms with van der Waals surface area (Å²) < 4.78 is 13.8. The number of rotatable bonds is 8. The predicted octanol–water partition coefficient (Wildman–Crippen LogP) is 3.83. The Morgan fingerprint density at radius 1 is 1.20 bits per heavy atom. The molecule has 20 heavy (non-hydrogen) atoms. The van der Waals surface area contributed by atoms with Gasteiger partial charge in [0.05, 0.1) is 0 Å². The van der Waals surface area contributed by atoms with E-state index in [9.17, 15) is 4.39 Å². The highest BCUT2D eigenvalue weighted by molar-refractivity contribution is 5.20. The van der Waals surface area contributed by atoms with Crippen LogP contribution in [0.1, 0.15) is 45.2 Å². The van der Waals surface area contributed by atoms with Crippen LogP contribution in [0.15, 0.2) is 24.3 Å². The Labute approximate surface area is 123 Å². The van der Waals surface area contributed by atoms with Crippen molar-refractivity contribution >= 4 is 0 Å². The summed E-state index contributed by atoms with van der Waals surface area (Å²) in [7, 11) is 2.06. The Hall–Kier alpha value is -0.930. The van der Waals surface area contributed by atoms with Gasteiger partial charge in [0.1, 0.15) is 5.82 Å². The average molecular weight is 280 g/mol. The summed E-state index contributed by atoms with van der Waals surface area (Å²) in [5, 5.41) is 0. The molecule has 2 atom stereocenters. The number of nitrogens with zero attached hydrogens (tertiary/aromatic N) is 1. The zero-order valence-electron chi connectivity index (χ0n) is 13.3. The lowest BCUT2D eigenvalue weighted by Gasteiger charge is -2.27. The molecule has 0 saturated carbocycles. The number of halogens is 1. The van der Waals surface area contributed by atoms with E-state index in [1.807, 2.05) is 12.1 Å². The van der Waals surface area contributed by atoms with Crippen LogP contribution >= 0.6 is 0 Å². The number of nitrogens with two attached hydrogens (primary N) is 1. The summed E-state index contributed by atoms with van der Waals surface area (Å²) >= 11 is 0. The Balaban J connectivity index is 2.53. The smallest absolute Gasteiger partial charge is 0.127 e. The molecule has 0 radical (unpaired) electrons. The molecule has 0 aromatic heterocycles. The number of benzene rings is 1. The van der Waals surface area contributed by atoms with Gasteiger partial charge in [0, 0.05) is 11.6 Å². The fourth-order valence-corrected chi connectivity index (χ4v) is 2.63. The number of hydrogen-bond acceptors (Lipinski definition) is 2. The first kappa shape index (κ1) is 17.1. The van der Waals surface area contributed by atoms with Crippen LogP contribution in [0.3, 0.4) is 0 Å². The van der Waals surface area contributed by atoms with E-state index in [0.29, 0.717) is 11.8 Å². The molecule has 1 rings (SSSR count). The standard InChI is InChI=1S/C17H29FN2/c1-13(2)11-15(12-19)9-10-20(4)14(3)16-7-5-6-8-17(16)18/h5-8,13-15H,9-12,19H2,1-4H3. The maximum atomic E-state index is 13.8. The van der Waals surface area contributed by atoms with E-state index in [-0.39, 0.29) is 11.9 Å². The van der Waals surface area contributed by atoms with Crippen LogP contribution in [0, 0.1) is 17.7 Å². The minimum atomic E-state index is -0.121. The molecular weight excluding hydrogens is 251 g/mol. The lowest BCUT2D eigenvalue weighted by molar-refractivity contribution is 0.229. The summed E-state index contributed by atoms with van der Waals surface area (Å²) in [6.07, 6.45) is 2.24. The van der Waals surface area contributed by atoms with Crippen molar-refractivity contribution in [1.29, 1.82) is 0 Å². The van der Waals surface area contributed by atoms with E-state index in [1.54, 1.807) is 6.07 Å². The third-order valence-corrected chi connectivity index (χ3v) is 4.04. The average Bonchev–Trinajstić information content (AvgIpc) is 2.42. The van der Waals surface area contributed by atoms with E-state index >= 15 is 0 Å². The molecule has 0 aliphatic carbocycles. The van der Waals surface area contributed by atoms with E-state index < -0.39 is 0 Å². The highest BCUT2D eigenvalue weighted by Crippen LogP contribution is 2.23. The van der Waals surface area contributed by atoms with Crippen LogP contribution < -0.4 is 5.73 Å². The second-order valence-corrected chi connectivity index (χ2v) is 6.20. The predicted molar refractivity (Wildman–Crippen MR) is 84.1 cm³/mol. The van der Waals surface area contributed by atoms with Crippen molar-refractivity contribution in [1.82, 2.24) is 4.90 Å². The highest BCUT2D eigenvalue weighted by Gasteiger charge is 2.17. The van der Waals surface area contributed by atoms with Gasteiger partial charge in [0.25, 0.3) is 0 Å². The molecule has 0 aliphatic heterocycles. The van der Waals surface area contributed by atoms with Gasteiger partial charge in [0.2, 0.25) is 0 Å². The van der Waals surface area contributed by atoms with Crippen molar-refractivity contribution in [3.63, 3.8) is 0 Å². The fourth-order valence-electron chi connectivity index (χ4n) is 2.63. The van der Waals surface area contributed by atoms with Crippen molar-refractivity contribution in [2.24, 2.45) is 17.6 Å². The highest BCUT2D eigenvalue weighted by atomic mass is 19.1. The van der Waals surface area contributed by atoms with Gasteiger partial charge in [-0.2, -0.15) is 0 Å². The van der Waals surface area contributed by atoms with Crippen LogP contribution in [0.2, 0.25) is 0 Å². The Morgan fingerprint density at radius 3 is 2.40 bits per heavy atom. The molecule has 0 aliphatic rings. The third kappa shape index (κ3) is 5.22. The van der Waals surface area contributed by atoms with E-state index in [1.165, 1.54) is 12.5 Å². The molecule has 2 N–H and O–H groups in total. The van der Waals surface area contributed by atoms with Crippen LogP contribution in [0.4, 0.5) is 4.39 Å². The van der Waals surface area contributed by atoms with Gasteiger partial charge >= 0.3 is 0 Å². The second kappa shape index (κ2) is 8.38. The maximum Gasteiger partial charge on any atom is 0.127 e. The van der Waals surface area contributed by atoms with Gasteiger partial charge < -0.3 is 5.73 Å². The normalized spacial score (nSPS) is 14.8. The molecule has 114 valence electrons. The zero-order valence-corrected chi connectivity index (χ0v) is 13.3. The molecule has 0 spiro atoms. The molecule has 1 aromatic carbocycles. The van der Waals surface area contributed by atoms with Gasteiger partial charge in [0.15, 0.2) is 0 Å². The first-order valence-corrected chi connectivity index (χ1v) is 7.60. The lowest BCUT2D eigenvalue weighted by Crippen LogP contribution is -2.28. The quantitative estimate of drug-likeness (QED) is 0.784. The molecule has 1 aromatic rings. The molecule has 0 bridgehead atoms. The molecule has 2 nitrogen and oxygen atoms in total. The summed E-state index contributed by atoms with van der Waals surface area (Å²) in [5.74, 6) is 1.12. The van der Waals surface area contributed by atoms with Crippen molar-refractivity contribution < 1.29 is 4.39 Å². The van der Waals surface area contributed by atoms with Crippen molar-refractivity contribution in [2.75, 3.05) is 20.1 Å². The minimum absolute atomic E-state index is 0.0914. The van der Waals surface area contributed by atoms with Gasteiger partial charge in [-0.05, 0) is 57.8 Å². The largest absolute Gasteiger partial charge is 0.330 e. The van der Waals surface area contributed by atoms with Gasteiger partial charge in [-0.3, -0.25) is 4.90 Å². The van der Waals surface area contributed by atoms with E-state index in [4.69, 9.17) is 5.73 Å². The zero-order chi connectivity index (χ0) is 15.1. The van der Waals surface area contributed by atoms with Crippen molar-refractivity contribution in [2.45, 2.75) is 39.7 Å². The van der Waals surface area contributed by atoms with E-state index in [0.717, 1.165) is 25.1 Å². The molecular formula is C17H29FN2. The first-order chi connectivity index (χ1) is 9.45. The van der Waals surface area contributed by atoms with Crippen molar-refractivity contribution in [3.05, 3.63) is 35.6 Å². The SMILES string of the molecule is CC(C)CC(CN)CCN(C)C(C)c1ccccc1F. The fraction of sp³-hybridized carbons (Fsp3) is 0.647. The summed E-state index contributed by atoms with van der Waals surface area (Å²) in [4.78, 5) is 2.21. The van der Waals surface area contributed by atoms with Gasteiger partial charge in [-0.15, -0.1) is 0 Å². The molecule has 3 heteroatoms. The summed E-state index contributed by atoms with van der Waals surface area (Å²) in [5.41, 5.74) is 6.61. The molecule has 0 fully saturated rings. The van der Waals surface area contributed by atoms with Crippen molar-refractivity contribution in [3.8, 4) is 0 Å². The van der Waals surface area contributed by atoms with Crippen LogP contribution in [-0.4, -0.2) is 25.0 Å². The third-order valence-electron chi connectivity index (χ3n) is 4.04. The Bertz CT molecular complexity index is 392. The summed E-state index contributed by atoms with van der Waals surface area (Å²) in [6, 6.07) is 7.11. The lowest BCUT2D eigenvalue weighted by atomic mass is 9.94. The molecule has 2 unspecified atom stereocenters. The number of hydrogen-bond donors (Lipinski definition) is 1. The van der Waals surface area contributed by atoms with E-state index in [2.05, 4.69) is 32.7 Å². The molecule has 0 saturated heterocycles. The Morgan fingerprint density at radius 2 is 1.85 bits per heavy atom. The van der Waals surface area contributed by atoms with Crippen LogP contribution in [-0.2, 0) is 0 Å². The van der Waals surface area contributed by atoms with Crippen LogP contribution in [0.5, 0.6) is 0 Å². The Kier molecular flexibility index (Phi) is 7.17. The molecule has 0 amide bonds. The van der Waals surface area contributed by atoms with Gasteiger partial charge in [-0.1, -0.05) is 32.0 Å². The van der Waals surface area contributed by atoms with Gasteiger partial charge in [-0.25, -0.2) is 4.39 Å². The minimum Gasteiger partial charge on any atom is -0.330 e. The summed E-state index contributed by atoms with van der Waals surface area (Å²) in [6.45, 7) is 8.20. The molecule has 0 heterocycles. The topological polar surface area (TPSA) is 29.3 Å². The van der Waals surface area contributed by atoms with Crippen LogP contribution in [0.25, 0.3) is 0 Å². The second-order valence-electron chi connectivity index (χ2n) is 6.20. The first-order valence-electron chi connectivity index (χ1n) is 7.60. The maximum absolute atomic E-state index is 13.8. The monoisotopic (exact) mass is 280 g/mol.